The number of rotatable bonds is 5. The molecule has 0 unspecified atom stereocenters. The number of benzene rings is 2. The number of anilines is 2. The van der Waals surface area contributed by atoms with Crippen molar-refractivity contribution in [3.63, 3.8) is 0 Å². The molecule has 2 rings (SSSR count). The third-order valence-electron chi connectivity index (χ3n) is 2.93. The van der Waals surface area contributed by atoms with Crippen LogP contribution < -0.4 is 21.1 Å². The maximum absolute atomic E-state index is 11.9. The molecule has 2 aromatic carbocycles. The van der Waals surface area contributed by atoms with E-state index in [-0.39, 0.29) is 6.03 Å². The Morgan fingerprint density at radius 3 is 2.59 bits per heavy atom. The van der Waals surface area contributed by atoms with E-state index in [0.29, 0.717) is 29.5 Å². The lowest BCUT2D eigenvalue weighted by Gasteiger charge is -2.10. The molecule has 0 fully saturated rings. The normalized spacial score (nSPS) is 10.1. The molecule has 0 aliphatic rings. The molecule has 0 heterocycles. The Hall–Kier alpha value is -2.40. The Balaban J connectivity index is 1.87. The fraction of sp³-hybridized carbons (Fsp3) is 0.188. The smallest absolute Gasteiger partial charge is 0.319 e. The summed E-state index contributed by atoms with van der Waals surface area (Å²) in [4.78, 5) is 11.9. The van der Waals surface area contributed by atoms with Crippen LogP contribution in [0.5, 0.6) is 5.75 Å². The largest absolute Gasteiger partial charge is 0.494 e. The summed E-state index contributed by atoms with van der Waals surface area (Å²) in [6, 6.07) is 12.1. The van der Waals surface area contributed by atoms with Crippen LogP contribution in [0.4, 0.5) is 16.2 Å². The van der Waals surface area contributed by atoms with E-state index >= 15 is 0 Å². The third kappa shape index (κ3) is 4.56. The van der Waals surface area contributed by atoms with Gasteiger partial charge in [0.15, 0.2) is 0 Å². The van der Waals surface area contributed by atoms with Crippen LogP contribution in [-0.4, -0.2) is 12.6 Å². The average Bonchev–Trinajstić information content (AvgIpc) is 2.50. The van der Waals surface area contributed by atoms with E-state index < -0.39 is 0 Å². The van der Waals surface area contributed by atoms with Crippen LogP contribution in [-0.2, 0) is 6.54 Å². The Kier molecular flexibility index (Phi) is 5.49. The molecule has 0 atom stereocenters. The summed E-state index contributed by atoms with van der Waals surface area (Å²) in [6.45, 7) is 2.97. The summed E-state index contributed by atoms with van der Waals surface area (Å²) >= 11 is 6.00. The molecule has 116 valence electrons. The van der Waals surface area contributed by atoms with Crippen molar-refractivity contribution in [2.45, 2.75) is 13.5 Å². The van der Waals surface area contributed by atoms with Gasteiger partial charge >= 0.3 is 6.03 Å². The van der Waals surface area contributed by atoms with Gasteiger partial charge in [0.2, 0.25) is 0 Å². The molecule has 0 aliphatic heterocycles. The zero-order valence-electron chi connectivity index (χ0n) is 12.2. The molecule has 0 saturated heterocycles. The molecule has 2 aromatic rings. The molecule has 0 radical (unpaired) electrons. The van der Waals surface area contributed by atoms with Gasteiger partial charge < -0.3 is 21.1 Å². The number of nitrogens with one attached hydrogen (secondary N) is 2. The summed E-state index contributed by atoms with van der Waals surface area (Å²) < 4.78 is 5.36. The number of hydrogen-bond donors (Lipinski definition) is 3. The highest BCUT2D eigenvalue weighted by atomic mass is 35.5. The topological polar surface area (TPSA) is 76.4 Å². The fourth-order valence-electron chi connectivity index (χ4n) is 1.85. The highest BCUT2D eigenvalue weighted by molar-refractivity contribution is 6.34. The fourth-order valence-corrected chi connectivity index (χ4v) is 2.09. The highest BCUT2D eigenvalue weighted by Crippen LogP contribution is 2.23. The molecular formula is C16H18ClN3O2. The van der Waals surface area contributed by atoms with Crippen LogP contribution in [0.2, 0.25) is 5.02 Å². The first-order valence-corrected chi connectivity index (χ1v) is 7.28. The molecule has 0 aliphatic carbocycles. The number of nitrogens with two attached hydrogens (primary N) is 1. The van der Waals surface area contributed by atoms with E-state index in [1.165, 1.54) is 0 Å². The van der Waals surface area contributed by atoms with Crippen molar-refractivity contribution in [1.29, 1.82) is 0 Å². The second kappa shape index (κ2) is 7.56. The van der Waals surface area contributed by atoms with Crippen molar-refractivity contribution in [2.24, 2.45) is 0 Å². The van der Waals surface area contributed by atoms with Gasteiger partial charge in [-0.15, -0.1) is 0 Å². The summed E-state index contributed by atoms with van der Waals surface area (Å²) in [7, 11) is 0. The predicted octanol–water partition coefficient (Wildman–Crippen LogP) is 3.64. The molecule has 22 heavy (non-hydrogen) atoms. The van der Waals surface area contributed by atoms with E-state index in [9.17, 15) is 4.79 Å². The second-order valence-electron chi connectivity index (χ2n) is 4.62. The number of nitrogen functional groups attached to an aromatic ring is 1. The molecule has 0 bridgehead atoms. The summed E-state index contributed by atoms with van der Waals surface area (Å²) in [5.74, 6) is 0.810. The van der Waals surface area contributed by atoms with Crippen LogP contribution in [0.1, 0.15) is 12.5 Å². The maximum Gasteiger partial charge on any atom is 0.319 e. The van der Waals surface area contributed by atoms with E-state index in [1.807, 2.05) is 31.2 Å². The van der Waals surface area contributed by atoms with E-state index in [1.54, 1.807) is 18.2 Å². The first kappa shape index (κ1) is 16.0. The number of ether oxygens (including phenoxy) is 1. The van der Waals surface area contributed by atoms with Crippen LogP contribution in [0.25, 0.3) is 0 Å². The SMILES string of the molecule is CCOc1ccc(CNC(=O)Nc2ccc(N)cc2Cl)cc1. The highest BCUT2D eigenvalue weighted by Gasteiger charge is 2.05. The van der Waals surface area contributed by atoms with Crippen LogP contribution >= 0.6 is 11.6 Å². The predicted molar refractivity (Wildman–Crippen MR) is 89.3 cm³/mol. The van der Waals surface area contributed by atoms with Gasteiger partial charge in [-0.1, -0.05) is 23.7 Å². The number of urea groups is 1. The Labute approximate surface area is 134 Å². The molecule has 0 spiro atoms. The minimum absolute atomic E-state index is 0.333. The van der Waals surface area contributed by atoms with Crippen molar-refractivity contribution in [2.75, 3.05) is 17.7 Å². The number of halogens is 1. The Morgan fingerprint density at radius 1 is 1.23 bits per heavy atom. The van der Waals surface area contributed by atoms with Crippen molar-refractivity contribution < 1.29 is 9.53 Å². The third-order valence-corrected chi connectivity index (χ3v) is 3.24. The lowest BCUT2D eigenvalue weighted by molar-refractivity contribution is 0.251. The lowest BCUT2D eigenvalue weighted by atomic mass is 10.2. The molecule has 5 nitrogen and oxygen atoms in total. The van der Waals surface area contributed by atoms with Gasteiger partial charge in [-0.2, -0.15) is 0 Å². The number of carbonyl (C=O) groups excluding carboxylic acids is 1. The first-order chi connectivity index (χ1) is 10.6. The number of hydrogen-bond acceptors (Lipinski definition) is 3. The maximum atomic E-state index is 11.9. The minimum atomic E-state index is -0.333. The van der Waals surface area contributed by atoms with Crippen molar-refractivity contribution in [3.05, 3.63) is 53.1 Å². The van der Waals surface area contributed by atoms with E-state index in [4.69, 9.17) is 22.1 Å². The monoisotopic (exact) mass is 319 g/mol. The molecule has 0 aromatic heterocycles. The zero-order valence-corrected chi connectivity index (χ0v) is 13.0. The minimum Gasteiger partial charge on any atom is -0.494 e. The van der Waals surface area contributed by atoms with E-state index in [2.05, 4.69) is 10.6 Å². The van der Waals surface area contributed by atoms with Gasteiger partial charge in [-0.3, -0.25) is 0 Å². The van der Waals surface area contributed by atoms with Crippen molar-refractivity contribution in [3.8, 4) is 5.75 Å². The van der Waals surface area contributed by atoms with Gasteiger partial charge in [0, 0.05) is 12.2 Å². The lowest BCUT2D eigenvalue weighted by Crippen LogP contribution is -2.28. The zero-order chi connectivity index (χ0) is 15.9. The van der Waals surface area contributed by atoms with Crippen molar-refractivity contribution >= 4 is 29.0 Å². The van der Waals surface area contributed by atoms with Crippen LogP contribution in [0.3, 0.4) is 0 Å². The Morgan fingerprint density at radius 2 is 1.95 bits per heavy atom. The quantitative estimate of drug-likeness (QED) is 0.736. The molecular weight excluding hydrogens is 302 g/mol. The standard InChI is InChI=1S/C16H18ClN3O2/c1-2-22-13-6-3-11(4-7-13)10-19-16(21)20-15-8-5-12(18)9-14(15)17/h3-9H,2,10,18H2,1H3,(H2,19,20,21). The van der Waals surface area contributed by atoms with Crippen LogP contribution in [0.15, 0.2) is 42.5 Å². The number of carbonyl (C=O) groups is 1. The number of amides is 2. The van der Waals surface area contributed by atoms with E-state index in [0.717, 1.165) is 11.3 Å². The van der Waals surface area contributed by atoms with Gasteiger partial charge in [-0.25, -0.2) is 4.79 Å². The van der Waals surface area contributed by atoms with Crippen molar-refractivity contribution in [1.82, 2.24) is 5.32 Å². The van der Waals surface area contributed by atoms with Gasteiger partial charge in [-0.05, 0) is 42.8 Å². The Bertz CT molecular complexity index is 644. The summed E-state index contributed by atoms with van der Waals surface area (Å²) in [5, 5.41) is 5.84. The van der Waals surface area contributed by atoms with Gasteiger partial charge in [0.05, 0.1) is 17.3 Å². The molecule has 0 saturated carbocycles. The molecule has 2 amide bonds. The molecule has 6 heteroatoms. The molecule has 4 N–H and O–H groups in total. The van der Waals surface area contributed by atoms with Crippen LogP contribution in [0, 0.1) is 0 Å². The average molecular weight is 320 g/mol. The summed E-state index contributed by atoms with van der Waals surface area (Å²) in [6.07, 6.45) is 0. The van der Waals surface area contributed by atoms with Gasteiger partial charge in [0.25, 0.3) is 0 Å². The summed E-state index contributed by atoms with van der Waals surface area (Å²) in [5.41, 5.74) is 7.64. The first-order valence-electron chi connectivity index (χ1n) is 6.90. The van der Waals surface area contributed by atoms with Gasteiger partial charge in [0.1, 0.15) is 5.75 Å². The second-order valence-corrected chi connectivity index (χ2v) is 5.03.